The van der Waals surface area contributed by atoms with Gasteiger partial charge in [0.25, 0.3) is 0 Å². The number of aromatic nitrogens is 1. The van der Waals surface area contributed by atoms with Crippen molar-refractivity contribution < 1.29 is 9.90 Å². The topological polar surface area (TPSA) is 50.2 Å². The molecule has 3 heteroatoms. The lowest BCUT2D eigenvalue weighted by molar-refractivity contribution is 0.0691. The Morgan fingerprint density at radius 1 is 0.879 bits per heavy atom. The number of carbonyl (C=O) groups is 1. The minimum Gasteiger partial charge on any atom is -0.477 e. The van der Waals surface area contributed by atoms with Crippen LogP contribution in [-0.2, 0) is 6.42 Å². The van der Waals surface area contributed by atoms with E-state index in [9.17, 15) is 4.79 Å². The molecule has 3 nitrogen and oxygen atoms in total. The molecule has 0 saturated carbocycles. The predicted octanol–water partition coefficient (Wildman–Crippen LogP) is 7.46. The average Bonchev–Trinajstić information content (AvgIpc) is 2.83. The molecule has 0 atom stereocenters. The van der Waals surface area contributed by atoms with E-state index in [0.717, 1.165) is 5.39 Å². The van der Waals surface area contributed by atoms with E-state index in [1.54, 1.807) is 23.3 Å². The number of hydrogen-bond acceptors (Lipinski definition) is 2. The van der Waals surface area contributed by atoms with Crippen molar-refractivity contribution in [3.05, 3.63) is 107 Å². The van der Waals surface area contributed by atoms with E-state index in [0.29, 0.717) is 10.9 Å². The van der Waals surface area contributed by atoms with Crippen LogP contribution in [-0.4, -0.2) is 16.1 Å². The van der Waals surface area contributed by atoms with Crippen LogP contribution in [0.5, 0.6) is 0 Å². The van der Waals surface area contributed by atoms with Crippen LogP contribution in [0.25, 0.3) is 27.2 Å². The Hall–Kier alpha value is -3.72. The van der Waals surface area contributed by atoms with Gasteiger partial charge in [0.05, 0.1) is 5.52 Å². The summed E-state index contributed by atoms with van der Waals surface area (Å²) >= 11 is 0. The van der Waals surface area contributed by atoms with Gasteiger partial charge >= 0.3 is 5.97 Å². The Morgan fingerprint density at radius 2 is 1.61 bits per heavy atom. The number of pyridine rings is 1. The maximum Gasteiger partial charge on any atom is 0.354 e. The summed E-state index contributed by atoms with van der Waals surface area (Å²) < 4.78 is 0. The molecule has 0 amide bonds. The van der Waals surface area contributed by atoms with Gasteiger partial charge in [0, 0.05) is 5.39 Å². The number of aryl methyl sites for hydroxylation is 1. The first-order valence-electron chi connectivity index (χ1n) is 11.4. The first-order valence-corrected chi connectivity index (χ1v) is 11.4. The second kappa shape index (κ2) is 8.32. The number of para-hydroxylation sites is 1. The number of nitrogens with zero attached hydrogens (tertiary/aromatic N) is 1. The summed E-state index contributed by atoms with van der Waals surface area (Å²) in [7, 11) is 0. The van der Waals surface area contributed by atoms with Gasteiger partial charge in [0.1, 0.15) is 5.69 Å². The van der Waals surface area contributed by atoms with Crippen molar-refractivity contribution in [2.24, 2.45) is 5.41 Å². The highest BCUT2D eigenvalue weighted by Crippen LogP contribution is 2.47. The number of hydrogen-bond donors (Lipinski definition) is 1. The number of fused-ring (bicyclic) bond motifs is 5. The van der Waals surface area contributed by atoms with E-state index in [2.05, 4.69) is 67.4 Å². The fraction of sp³-hybridized carbons (Fsp3) is 0.200. The summed E-state index contributed by atoms with van der Waals surface area (Å²) in [5.74, 6) is -0.995. The quantitative estimate of drug-likeness (QED) is 0.339. The molecule has 0 spiro atoms. The molecule has 0 saturated heterocycles. The van der Waals surface area contributed by atoms with Gasteiger partial charge in [-0.1, -0.05) is 92.2 Å². The highest BCUT2D eigenvalue weighted by atomic mass is 16.4. The summed E-state index contributed by atoms with van der Waals surface area (Å²) in [4.78, 5) is 14.6. The molecule has 2 aliphatic rings. The third-order valence-electron chi connectivity index (χ3n) is 6.83. The van der Waals surface area contributed by atoms with Gasteiger partial charge in [0.2, 0.25) is 0 Å². The largest absolute Gasteiger partial charge is 0.477 e. The zero-order valence-electron chi connectivity index (χ0n) is 19.0. The third kappa shape index (κ3) is 3.95. The van der Waals surface area contributed by atoms with Crippen molar-refractivity contribution in [2.45, 2.75) is 33.1 Å². The van der Waals surface area contributed by atoms with Crippen molar-refractivity contribution in [3.8, 4) is 0 Å². The molecule has 0 bridgehead atoms. The van der Waals surface area contributed by atoms with Crippen molar-refractivity contribution in [1.29, 1.82) is 0 Å². The number of allylic oxidation sites excluding steroid dienone is 4. The van der Waals surface area contributed by atoms with Crippen molar-refractivity contribution in [3.63, 3.8) is 0 Å². The molecule has 0 unspecified atom stereocenters. The smallest absolute Gasteiger partial charge is 0.354 e. The van der Waals surface area contributed by atoms with Gasteiger partial charge in [0.15, 0.2) is 0 Å². The molecule has 0 aliphatic heterocycles. The molecule has 1 aromatic heterocycles. The molecule has 2 aliphatic carbocycles. The maximum atomic E-state index is 10.6. The van der Waals surface area contributed by atoms with Gasteiger partial charge in [-0.2, -0.15) is 0 Å². The minimum absolute atomic E-state index is 0.0821. The standard InChI is InChI=1S/C20H20.C10H7NO2/c1-20(2)13-5-8-18-17-10-9-14-6-3-4-7-15(14)16(17)11-12-19(18)20;12-10(13)9-6-5-7-3-1-2-4-8(7)11-9/h3-10H,11-13H2,1-2H3;1-6H,(H,12,13). The van der Waals surface area contributed by atoms with Crippen LogP contribution < -0.4 is 0 Å². The highest BCUT2D eigenvalue weighted by molar-refractivity contribution is 5.94. The summed E-state index contributed by atoms with van der Waals surface area (Å²) in [6.07, 6.45) is 8.28. The molecule has 1 N–H and O–H groups in total. The van der Waals surface area contributed by atoms with E-state index >= 15 is 0 Å². The van der Waals surface area contributed by atoms with Crippen LogP contribution in [0.3, 0.4) is 0 Å². The van der Waals surface area contributed by atoms with E-state index in [1.807, 2.05) is 18.2 Å². The zero-order valence-corrected chi connectivity index (χ0v) is 19.0. The Balaban J connectivity index is 0.000000152. The van der Waals surface area contributed by atoms with Gasteiger partial charge in [-0.25, -0.2) is 9.78 Å². The Kier molecular flexibility index (Phi) is 5.33. The highest BCUT2D eigenvalue weighted by Gasteiger charge is 2.31. The van der Waals surface area contributed by atoms with E-state index in [1.165, 1.54) is 47.2 Å². The number of carboxylic acid groups (broad SMARTS) is 1. The van der Waals surface area contributed by atoms with E-state index in [4.69, 9.17) is 5.11 Å². The van der Waals surface area contributed by atoms with Crippen molar-refractivity contribution in [2.75, 3.05) is 0 Å². The van der Waals surface area contributed by atoms with Crippen LogP contribution >= 0.6 is 0 Å². The first kappa shape index (κ1) is 21.1. The van der Waals surface area contributed by atoms with Crippen LogP contribution in [0.15, 0.2) is 90.5 Å². The lowest BCUT2D eigenvalue weighted by Gasteiger charge is -2.36. The lowest BCUT2D eigenvalue weighted by atomic mass is 9.68. The summed E-state index contributed by atoms with van der Waals surface area (Å²) in [5.41, 5.74) is 7.28. The third-order valence-corrected chi connectivity index (χ3v) is 6.83. The van der Waals surface area contributed by atoms with Crippen LogP contribution in [0, 0.1) is 5.41 Å². The number of aromatic carboxylic acids is 1. The Bertz CT molecular complexity index is 1440. The summed E-state index contributed by atoms with van der Waals surface area (Å²) in [6.45, 7) is 4.77. The molecular formula is C30H27NO2. The second-order valence-electron chi connectivity index (χ2n) is 9.39. The summed E-state index contributed by atoms with van der Waals surface area (Å²) in [5, 5.41) is 12.4. The second-order valence-corrected chi connectivity index (χ2v) is 9.39. The molecule has 3 aromatic carbocycles. The fourth-order valence-corrected chi connectivity index (χ4v) is 5.08. The number of benzene rings is 3. The van der Waals surface area contributed by atoms with Crippen molar-refractivity contribution >= 4 is 33.2 Å². The number of rotatable bonds is 1. The van der Waals surface area contributed by atoms with E-state index in [-0.39, 0.29) is 5.69 Å². The maximum absolute atomic E-state index is 10.6. The van der Waals surface area contributed by atoms with Crippen LogP contribution in [0.4, 0.5) is 0 Å². The molecule has 33 heavy (non-hydrogen) atoms. The normalized spacial score (nSPS) is 16.1. The molecule has 6 rings (SSSR count). The summed E-state index contributed by atoms with van der Waals surface area (Å²) in [6, 6.07) is 24.1. The minimum atomic E-state index is -0.995. The molecular weight excluding hydrogens is 406 g/mol. The van der Waals surface area contributed by atoms with Crippen LogP contribution in [0.2, 0.25) is 0 Å². The molecule has 164 valence electrons. The zero-order chi connectivity index (χ0) is 23.0. The average molecular weight is 434 g/mol. The Labute approximate surface area is 194 Å². The van der Waals surface area contributed by atoms with Crippen LogP contribution in [0.1, 0.15) is 48.3 Å². The van der Waals surface area contributed by atoms with Gasteiger partial charge in [-0.15, -0.1) is 0 Å². The SMILES string of the molecule is CC1(C)CC=CC2=C1CCc1c2ccc2ccccc12.O=C(O)c1ccc2ccccc2n1. The van der Waals surface area contributed by atoms with Gasteiger partial charge in [-0.3, -0.25) is 0 Å². The molecule has 0 radical (unpaired) electrons. The fourth-order valence-electron chi connectivity index (χ4n) is 5.08. The lowest BCUT2D eigenvalue weighted by Crippen LogP contribution is -2.21. The molecule has 4 aromatic rings. The molecule has 0 fully saturated rings. The molecule has 1 heterocycles. The Morgan fingerprint density at radius 3 is 2.42 bits per heavy atom. The number of carboxylic acids is 1. The monoisotopic (exact) mass is 433 g/mol. The predicted molar refractivity (Wildman–Crippen MR) is 135 cm³/mol. The first-order chi connectivity index (χ1) is 15.9. The van der Waals surface area contributed by atoms with Gasteiger partial charge < -0.3 is 5.11 Å². The van der Waals surface area contributed by atoms with Crippen molar-refractivity contribution in [1.82, 2.24) is 4.98 Å². The van der Waals surface area contributed by atoms with E-state index < -0.39 is 5.97 Å². The van der Waals surface area contributed by atoms with Gasteiger partial charge in [-0.05, 0) is 64.3 Å².